The van der Waals surface area contributed by atoms with Crippen molar-refractivity contribution in [1.29, 1.82) is 0 Å². The molecule has 1 aromatic heterocycles. The molecule has 0 fully saturated rings. The van der Waals surface area contributed by atoms with E-state index in [4.69, 9.17) is 0 Å². The Bertz CT molecular complexity index is 308. The summed E-state index contributed by atoms with van der Waals surface area (Å²) in [5.41, 5.74) is 0. The highest BCUT2D eigenvalue weighted by molar-refractivity contribution is 5.91. The Hall–Kier alpha value is -1.36. The number of rotatable bonds is 4. The SMILES string of the molecule is CNCC(C)C(=O)Nc1ccnn1C. The number of amides is 1. The Labute approximate surface area is 83.5 Å². The van der Waals surface area contributed by atoms with E-state index >= 15 is 0 Å². The predicted octanol–water partition coefficient (Wildman–Crippen LogP) is 0.214. The van der Waals surface area contributed by atoms with Crippen LogP contribution in [0.2, 0.25) is 0 Å². The van der Waals surface area contributed by atoms with E-state index < -0.39 is 0 Å². The molecular formula is C9H16N4O. The first kappa shape index (κ1) is 10.7. The molecule has 5 nitrogen and oxygen atoms in total. The number of carbonyl (C=O) groups excluding carboxylic acids is 1. The molecule has 0 spiro atoms. The second-order valence-electron chi connectivity index (χ2n) is 3.29. The van der Waals surface area contributed by atoms with Crippen molar-refractivity contribution in [1.82, 2.24) is 15.1 Å². The van der Waals surface area contributed by atoms with Gasteiger partial charge in [-0.25, -0.2) is 0 Å². The quantitative estimate of drug-likeness (QED) is 0.724. The number of nitrogens with one attached hydrogen (secondary N) is 2. The lowest BCUT2D eigenvalue weighted by atomic mass is 10.1. The molecule has 14 heavy (non-hydrogen) atoms. The maximum atomic E-state index is 11.6. The van der Waals surface area contributed by atoms with Crippen molar-refractivity contribution in [2.75, 3.05) is 18.9 Å². The predicted molar refractivity (Wildman–Crippen MR) is 54.9 cm³/mol. The van der Waals surface area contributed by atoms with Gasteiger partial charge in [-0.1, -0.05) is 6.92 Å². The van der Waals surface area contributed by atoms with Crippen LogP contribution in [0.25, 0.3) is 0 Å². The zero-order valence-corrected chi connectivity index (χ0v) is 8.74. The lowest BCUT2D eigenvalue weighted by Gasteiger charge is -2.11. The third kappa shape index (κ3) is 2.56. The van der Waals surface area contributed by atoms with Crippen LogP contribution in [-0.4, -0.2) is 29.3 Å². The first-order valence-corrected chi connectivity index (χ1v) is 4.58. The normalized spacial score (nSPS) is 12.5. The lowest BCUT2D eigenvalue weighted by molar-refractivity contribution is -0.119. The highest BCUT2D eigenvalue weighted by Gasteiger charge is 2.12. The summed E-state index contributed by atoms with van der Waals surface area (Å²) in [4.78, 5) is 11.6. The smallest absolute Gasteiger partial charge is 0.229 e. The molecule has 5 heteroatoms. The van der Waals surface area contributed by atoms with Crippen LogP contribution in [0.5, 0.6) is 0 Å². The van der Waals surface area contributed by atoms with Gasteiger partial charge in [-0.2, -0.15) is 5.10 Å². The van der Waals surface area contributed by atoms with Gasteiger partial charge < -0.3 is 10.6 Å². The Morgan fingerprint density at radius 1 is 1.71 bits per heavy atom. The van der Waals surface area contributed by atoms with E-state index in [1.807, 2.05) is 14.0 Å². The molecule has 1 rings (SSSR count). The van der Waals surface area contributed by atoms with Gasteiger partial charge >= 0.3 is 0 Å². The van der Waals surface area contributed by atoms with Crippen molar-refractivity contribution in [2.24, 2.45) is 13.0 Å². The molecule has 0 aliphatic rings. The minimum absolute atomic E-state index is 0.00273. The highest BCUT2D eigenvalue weighted by atomic mass is 16.2. The van der Waals surface area contributed by atoms with E-state index in [-0.39, 0.29) is 11.8 Å². The molecule has 0 aliphatic carbocycles. The molecule has 78 valence electrons. The number of nitrogens with zero attached hydrogens (tertiary/aromatic N) is 2. The summed E-state index contributed by atoms with van der Waals surface area (Å²) in [6.45, 7) is 2.55. The zero-order valence-electron chi connectivity index (χ0n) is 8.74. The Balaban J connectivity index is 2.53. The van der Waals surface area contributed by atoms with E-state index in [2.05, 4.69) is 15.7 Å². The van der Waals surface area contributed by atoms with Gasteiger partial charge in [-0.3, -0.25) is 9.48 Å². The summed E-state index contributed by atoms with van der Waals surface area (Å²) < 4.78 is 1.63. The molecular weight excluding hydrogens is 180 g/mol. The molecule has 0 radical (unpaired) electrons. The first-order valence-electron chi connectivity index (χ1n) is 4.58. The summed E-state index contributed by atoms with van der Waals surface area (Å²) in [5, 5.41) is 9.72. The number of carbonyl (C=O) groups is 1. The summed E-state index contributed by atoms with van der Waals surface area (Å²) in [6.07, 6.45) is 1.65. The van der Waals surface area contributed by atoms with Crippen LogP contribution in [0.15, 0.2) is 12.3 Å². The first-order chi connectivity index (χ1) is 6.65. The molecule has 1 atom stereocenters. The van der Waals surface area contributed by atoms with Gasteiger partial charge in [0, 0.05) is 25.6 Å². The number of anilines is 1. The average molecular weight is 196 g/mol. The molecule has 0 saturated heterocycles. The Morgan fingerprint density at radius 3 is 2.93 bits per heavy atom. The third-order valence-corrected chi connectivity index (χ3v) is 2.03. The number of aryl methyl sites for hydroxylation is 1. The third-order valence-electron chi connectivity index (χ3n) is 2.03. The molecule has 1 amide bonds. The van der Waals surface area contributed by atoms with Gasteiger partial charge in [0.2, 0.25) is 5.91 Å². The van der Waals surface area contributed by atoms with Gasteiger partial charge in [-0.15, -0.1) is 0 Å². The minimum atomic E-state index is -0.0464. The standard InChI is InChI=1S/C9H16N4O/c1-7(6-10-2)9(14)12-8-4-5-11-13(8)3/h4-5,7,10H,6H2,1-3H3,(H,12,14). The van der Waals surface area contributed by atoms with E-state index in [0.29, 0.717) is 6.54 Å². The monoisotopic (exact) mass is 196 g/mol. The molecule has 0 saturated carbocycles. The Morgan fingerprint density at radius 2 is 2.43 bits per heavy atom. The van der Waals surface area contributed by atoms with Crippen molar-refractivity contribution < 1.29 is 4.79 Å². The van der Waals surface area contributed by atoms with Crippen molar-refractivity contribution in [3.63, 3.8) is 0 Å². The maximum Gasteiger partial charge on any atom is 0.229 e. The highest BCUT2D eigenvalue weighted by Crippen LogP contribution is 2.05. The van der Waals surface area contributed by atoms with Gasteiger partial charge in [0.15, 0.2) is 0 Å². The summed E-state index contributed by atoms with van der Waals surface area (Å²) in [5.74, 6) is 0.677. The van der Waals surface area contributed by atoms with Gasteiger partial charge in [-0.05, 0) is 7.05 Å². The maximum absolute atomic E-state index is 11.6. The molecule has 1 unspecified atom stereocenters. The molecule has 2 N–H and O–H groups in total. The fourth-order valence-corrected chi connectivity index (χ4v) is 1.14. The fraction of sp³-hybridized carbons (Fsp3) is 0.556. The van der Waals surface area contributed by atoms with Crippen LogP contribution in [-0.2, 0) is 11.8 Å². The number of hydrogen-bond acceptors (Lipinski definition) is 3. The summed E-state index contributed by atoms with van der Waals surface area (Å²) >= 11 is 0. The molecule has 0 aliphatic heterocycles. The van der Waals surface area contributed by atoms with Crippen molar-refractivity contribution in [3.05, 3.63) is 12.3 Å². The summed E-state index contributed by atoms with van der Waals surface area (Å²) in [7, 11) is 3.62. The van der Waals surface area contributed by atoms with E-state index in [0.717, 1.165) is 5.82 Å². The topological polar surface area (TPSA) is 59.0 Å². The van der Waals surface area contributed by atoms with Gasteiger partial charge in [0.25, 0.3) is 0 Å². The van der Waals surface area contributed by atoms with Crippen LogP contribution >= 0.6 is 0 Å². The van der Waals surface area contributed by atoms with Crippen molar-refractivity contribution in [3.8, 4) is 0 Å². The lowest BCUT2D eigenvalue weighted by Crippen LogP contribution is -2.29. The summed E-state index contributed by atoms with van der Waals surface area (Å²) in [6, 6.07) is 1.77. The molecule has 1 heterocycles. The van der Waals surface area contributed by atoms with E-state index in [9.17, 15) is 4.79 Å². The number of hydrogen-bond donors (Lipinski definition) is 2. The largest absolute Gasteiger partial charge is 0.319 e. The average Bonchev–Trinajstić information content (AvgIpc) is 2.52. The van der Waals surface area contributed by atoms with Gasteiger partial charge in [0.1, 0.15) is 5.82 Å². The fourth-order valence-electron chi connectivity index (χ4n) is 1.14. The van der Waals surface area contributed by atoms with Crippen molar-refractivity contribution in [2.45, 2.75) is 6.92 Å². The van der Waals surface area contributed by atoms with E-state index in [1.54, 1.807) is 24.0 Å². The molecule has 1 aromatic rings. The minimum Gasteiger partial charge on any atom is -0.319 e. The van der Waals surface area contributed by atoms with Crippen LogP contribution in [0.3, 0.4) is 0 Å². The Kier molecular flexibility index (Phi) is 3.64. The van der Waals surface area contributed by atoms with E-state index in [1.165, 1.54) is 0 Å². The number of aromatic nitrogens is 2. The van der Waals surface area contributed by atoms with Crippen LogP contribution in [0, 0.1) is 5.92 Å². The molecule has 0 bridgehead atoms. The second-order valence-corrected chi connectivity index (χ2v) is 3.29. The van der Waals surface area contributed by atoms with Crippen LogP contribution in [0.4, 0.5) is 5.82 Å². The van der Waals surface area contributed by atoms with Gasteiger partial charge in [0.05, 0.1) is 6.20 Å². The second kappa shape index (κ2) is 4.76. The zero-order chi connectivity index (χ0) is 10.6. The molecule has 0 aromatic carbocycles. The van der Waals surface area contributed by atoms with Crippen LogP contribution in [0.1, 0.15) is 6.92 Å². The van der Waals surface area contributed by atoms with Crippen molar-refractivity contribution >= 4 is 11.7 Å². The van der Waals surface area contributed by atoms with Crippen LogP contribution < -0.4 is 10.6 Å².